The Labute approximate surface area is 109 Å². The molecule has 0 aliphatic carbocycles. The monoisotopic (exact) mass is 293 g/mol. The Morgan fingerprint density at radius 1 is 1.16 bits per heavy atom. The molecular weight excluding hydrogens is 279 g/mol. The molecule has 1 atom stereocenters. The van der Waals surface area contributed by atoms with Crippen LogP contribution in [0.3, 0.4) is 0 Å². The molecule has 1 heterocycles. The molecule has 0 spiro atoms. The normalized spacial score (nSPS) is 23.0. The number of hydrogen-bond donors (Lipinski definition) is 1. The van der Waals surface area contributed by atoms with Crippen LogP contribution in [0.2, 0.25) is 0 Å². The first kappa shape index (κ1) is 14.2. The molecule has 1 saturated heterocycles. The van der Waals surface area contributed by atoms with Crippen molar-refractivity contribution in [3.63, 3.8) is 0 Å². The third-order valence-corrected chi connectivity index (χ3v) is 4.87. The van der Waals surface area contributed by atoms with Gasteiger partial charge in [-0.3, -0.25) is 0 Å². The number of rotatable bonds is 2. The van der Waals surface area contributed by atoms with E-state index in [-0.39, 0.29) is 17.5 Å². The molecule has 2 rings (SSSR count). The predicted molar refractivity (Wildman–Crippen MR) is 66.7 cm³/mol. The minimum absolute atomic E-state index is 0.0357. The number of sulfone groups is 1. The average Bonchev–Trinajstić information content (AvgIpc) is 2.27. The van der Waals surface area contributed by atoms with E-state index in [1.165, 1.54) is 12.1 Å². The highest BCUT2D eigenvalue weighted by molar-refractivity contribution is 7.91. The molecule has 1 fully saturated rings. The van der Waals surface area contributed by atoms with Crippen molar-refractivity contribution in [3.05, 3.63) is 29.8 Å². The maximum absolute atomic E-state index is 12.4. The van der Waals surface area contributed by atoms with Gasteiger partial charge < -0.3 is 5.32 Å². The summed E-state index contributed by atoms with van der Waals surface area (Å²) in [6.07, 6.45) is -3.06. The van der Waals surface area contributed by atoms with Crippen LogP contribution in [0.25, 0.3) is 0 Å². The van der Waals surface area contributed by atoms with Gasteiger partial charge in [0.2, 0.25) is 0 Å². The van der Waals surface area contributed by atoms with Crippen molar-refractivity contribution in [3.8, 4) is 0 Å². The van der Waals surface area contributed by atoms with Gasteiger partial charge in [-0.15, -0.1) is 0 Å². The minimum atomic E-state index is -4.35. The van der Waals surface area contributed by atoms with Crippen LogP contribution in [-0.4, -0.2) is 26.0 Å². The van der Waals surface area contributed by atoms with Crippen molar-refractivity contribution in [1.29, 1.82) is 0 Å². The molecule has 0 aromatic heterocycles. The van der Waals surface area contributed by atoms with Gasteiger partial charge in [-0.1, -0.05) is 0 Å². The van der Waals surface area contributed by atoms with Gasteiger partial charge >= 0.3 is 6.18 Å². The zero-order valence-electron chi connectivity index (χ0n) is 10.1. The average molecular weight is 293 g/mol. The van der Waals surface area contributed by atoms with Crippen molar-refractivity contribution in [2.75, 3.05) is 16.8 Å². The van der Waals surface area contributed by atoms with E-state index >= 15 is 0 Å². The Morgan fingerprint density at radius 3 is 2.32 bits per heavy atom. The van der Waals surface area contributed by atoms with E-state index in [2.05, 4.69) is 5.32 Å². The summed E-state index contributed by atoms with van der Waals surface area (Å²) < 4.78 is 60.0. The molecule has 106 valence electrons. The maximum Gasteiger partial charge on any atom is 0.416 e. The SMILES string of the molecule is O=S1(=O)CCCC(Nc2ccc(C(F)(F)F)cc2)C1. The molecule has 1 aliphatic rings. The van der Waals surface area contributed by atoms with Crippen molar-refractivity contribution < 1.29 is 21.6 Å². The maximum atomic E-state index is 12.4. The second-order valence-corrected chi connectivity index (χ2v) is 6.90. The van der Waals surface area contributed by atoms with Gasteiger partial charge in [0.15, 0.2) is 9.84 Å². The van der Waals surface area contributed by atoms with Crippen LogP contribution in [0.15, 0.2) is 24.3 Å². The molecule has 19 heavy (non-hydrogen) atoms. The summed E-state index contributed by atoms with van der Waals surface area (Å²) in [6.45, 7) is 0. The standard InChI is InChI=1S/C12H14F3NO2S/c13-12(14,15)9-3-5-10(6-4-9)16-11-2-1-7-19(17,18)8-11/h3-6,11,16H,1-2,7-8H2. The van der Waals surface area contributed by atoms with Gasteiger partial charge in [-0.2, -0.15) is 13.2 Å². The summed E-state index contributed by atoms with van der Waals surface area (Å²) in [4.78, 5) is 0. The first-order valence-corrected chi connectivity index (χ1v) is 7.73. The molecule has 1 aromatic carbocycles. The van der Waals surface area contributed by atoms with E-state index in [1.807, 2.05) is 0 Å². The van der Waals surface area contributed by atoms with E-state index in [0.29, 0.717) is 18.5 Å². The summed E-state index contributed by atoms with van der Waals surface area (Å²) in [5.74, 6) is 0.228. The van der Waals surface area contributed by atoms with Crippen LogP contribution < -0.4 is 5.32 Å². The lowest BCUT2D eigenvalue weighted by Gasteiger charge is -2.24. The quantitative estimate of drug-likeness (QED) is 0.912. The highest BCUT2D eigenvalue weighted by Crippen LogP contribution is 2.30. The largest absolute Gasteiger partial charge is 0.416 e. The van der Waals surface area contributed by atoms with E-state index in [4.69, 9.17) is 0 Å². The van der Waals surface area contributed by atoms with Gasteiger partial charge in [0.1, 0.15) is 0 Å². The highest BCUT2D eigenvalue weighted by atomic mass is 32.2. The number of anilines is 1. The Morgan fingerprint density at radius 2 is 1.79 bits per heavy atom. The number of benzene rings is 1. The number of hydrogen-bond acceptors (Lipinski definition) is 3. The summed E-state index contributed by atoms with van der Waals surface area (Å²) in [7, 11) is -3.03. The van der Waals surface area contributed by atoms with Crippen LogP contribution in [-0.2, 0) is 16.0 Å². The van der Waals surface area contributed by atoms with Gasteiger partial charge in [-0.05, 0) is 37.1 Å². The number of nitrogens with one attached hydrogen (secondary N) is 1. The summed E-state index contributed by atoms with van der Waals surface area (Å²) in [6, 6.07) is 4.39. The lowest BCUT2D eigenvalue weighted by Crippen LogP contribution is -2.34. The fourth-order valence-electron chi connectivity index (χ4n) is 2.13. The van der Waals surface area contributed by atoms with Gasteiger partial charge in [0, 0.05) is 11.7 Å². The Kier molecular flexibility index (Phi) is 3.75. The molecule has 7 heteroatoms. The molecule has 1 aromatic rings. The van der Waals surface area contributed by atoms with Crippen molar-refractivity contribution in [2.45, 2.75) is 25.1 Å². The Hall–Kier alpha value is -1.24. The lowest BCUT2D eigenvalue weighted by molar-refractivity contribution is -0.137. The third-order valence-electron chi connectivity index (χ3n) is 3.05. The van der Waals surface area contributed by atoms with Gasteiger partial charge in [0.25, 0.3) is 0 Å². The summed E-state index contributed by atoms with van der Waals surface area (Å²) in [5.41, 5.74) is -0.204. The highest BCUT2D eigenvalue weighted by Gasteiger charge is 2.30. The van der Waals surface area contributed by atoms with E-state index in [9.17, 15) is 21.6 Å². The number of alkyl halides is 3. The van der Waals surface area contributed by atoms with Crippen molar-refractivity contribution in [1.82, 2.24) is 0 Å². The molecule has 3 nitrogen and oxygen atoms in total. The minimum Gasteiger partial charge on any atom is -0.381 e. The first-order chi connectivity index (χ1) is 8.76. The topological polar surface area (TPSA) is 46.2 Å². The van der Waals surface area contributed by atoms with E-state index in [0.717, 1.165) is 12.1 Å². The number of halogens is 3. The molecule has 1 aliphatic heterocycles. The van der Waals surface area contributed by atoms with E-state index < -0.39 is 21.6 Å². The molecule has 1 N–H and O–H groups in total. The molecular formula is C12H14F3NO2S. The van der Waals surface area contributed by atoms with Crippen molar-refractivity contribution >= 4 is 15.5 Å². The third kappa shape index (κ3) is 3.86. The molecule has 0 bridgehead atoms. The summed E-state index contributed by atoms with van der Waals surface area (Å²) >= 11 is 0. The van der Waals surface area contributed by atoms with Crippen LogP contribution in [0, 0.1) is 0 Å². The summed E-state index contributed by atoms with van der Waals surface area (Å²) in [5, 5.41) is 2.97. The first-order valence-electron chi connectivity index (χ1n) is 5.90. The smallest absolute Gasteiger partial charge is 0.381 e. The second-order valence-electron chi connectivity index (χ2n) is 4.67. The zero-order chi connectivity index (χ0) is 14.1. The lowest BCUT2D eigenvalue weighted by atomic mass is 10.1. The predicted octanol–water partition coefficient (Wildman–Crippen LogP) is 2.69. The molecule has 1 unspecified atom stereocenters. The Balaban J connectivity index is 2.04. The Bertz CT molecular complexity index is 537. The van der Waals surface area contributed by atoms with Gasteiger partial charge in [-0.25, -0.2) is 8.42 Å². The van der Waals surface area contributed by atoms with Crippen LogP contribution in [0.4, 0.5) is 18.9 Å². The second kappa shape index (κ2) is 5.03. The van der Waals surface area contributed by atoms with Crippen LogP contribution in [0.5, 0.6) is 0 Å². The van der Waals surface area contributed by atoms with E-state index in [1.54, 1.807) is 0 Å². The van der Waals surface area contributed by atoms with Crippen molar-refractivity contribution in [2.24, 2.45) is 0 Å². The molecule has 0 radical (unpaired) electrons. The fourth-order valence-corrected chi connectivity index (χ4v) is 3.76. The van der Waals surface area contributed by atoms with Crippen LogP contribution >= 0.6 is 0 Å². The molecule has 0 saturated carbocycles. The fraction of sp³-hybridized carbons (Fsp3) is 0.500. The van der Waals surface area contributed by atoms with Crippen LogP contribution in [0.1, 0.15) is 18.4 Å². The van der Waals surface area contributed by atoms with Gasteiger partial charge in [0.05, 0.1) is 17.1 Å². The molecule has 0 amide bonds. The zero-order valence-corrected chi connectivity index (χ0v) is 10.9.